The van der Waals surface area contributed by atoms with Crippen LogP contribution in [0, 0.1) is 11.8 Å². The third-order valence-corrected chi connectivity index (χ3v) is 6.38. The minimum atomic E-state index is 0. The maximum Gasteiger partial charge on any atom is 4.00 e. The van der Waals surface area contributed by atoms with Crippen molar-refractivity contribution in [2.45, 2.75) is 66.5 Å². The minimum absolute atomic E-state index is 0. The van der Waals surface area contributed by atoms with Crippen LogP contribution in [0.3, 0.4) is 0 Å². The van der Waals surface area contributed by atoms with Crippen LogP contribution in [-0.2, 0) is 39.0 Å². The van der Waals surface area contributed by atoms with E-state index in [0.717, 1.165) is 21.4 Å². The predicted molar refractivity (Wildman–Crippen MR) is 144 cm³/mol. The van der Waals surface area contributed by atoms with E-state index in [9.17, 15) is 0 Å². The number of benzene rings is 2. The molecule has 0 unspecified atom stereocenters. The molecule has 4 aromatic carbocycles. The van der Waals surface area contributed by atoms with Crippen LogP contribution in [0.15, 0.2) is 72.8 Å². The largest absolute Gasteiger partial charge is 4.00 e. The maximum absolute atomic E-state index is 2.30. The third-order valence-electron chi connectivity index (χ3n) is 5.22. The Kier molecular flexibility index (Phi) is 21.7. The topological polar surface area (TPSA) is 0 Å². The van der Waals surface area contributed by atoms with Crippen molar-refractivity contribution in [2.24, 2.45) is 11.8 Å². The average molecular weight is 775 g/mol. The molecular weight excluding hydrogens is 733 g/mol. The van der Waals surface area contributed by atoms with Crippen LogP contribution in [0.25, 0.3) is 21.5 Å². The van der Waals surface area contributed by atoms with Gasteiger partial charge in [0.05, 0.1) is 0 Å². The molecule has 0 aliphatic carbocycles. The van der Waals surface area contributed by atoms with Crippen molar-refractivity contribution in [2.75, 3.05) is 0 Å². The van der Waals surface area contributed by atoms with Gasteiger partial charge in [0.25, 0.3) is 0 Å². The first kappa shape index (κ1) is 36.4. The van der Waals surface area contributed by atoms with E-state index in [1.54, 1.807) is 0 Å². The van der Waals surface area contributed by atoms with Gasteiger partial charge in [-0.05, 0) is 24.7 Å². The predicted octanol–water partition coefficient (Wildman–Crippen LogP) is 2.82. The van der Waals surface area contributed by atoms with Gasteiger partial charge in [0.2, 0.25) is 0 Å². The standard InChI is InChI=1S/2C13H15.C4H11Si.2HI.Zr/c2*1-10(2)7-11-8-12-5-3-4-6-13(12)9-11;1-3-5-4-2;;;/h2*3-6,8-10H,7H2,1-2H3;5H,3-4H2,1-2H3;2*1H;/q2*-1;;;;+4/p-2. The van der Waals surface area contributed by atoms with E-state index in [0.29, 0.717) is 0 Å². The summed E-state index contributed by atoms with van der Waals surface area (Å²) >= 11 is 0. The van der Waals surface area contributed by atoms with Gasteiger partial charge in [-0.1, -0.05) is 65.8 Å². The molecule has 0 N–H and O–H groups in total. The number of fused-ring (bicyclic) bond motifs is 2. The molecule has 0 bridgehead atoms. The van der Waals surface area contributed by atoms with Crippen molar-refractivity contribution in [3.63, 3.8) is 0 Å². The SMILES string of the molecule is CC(C)Cc1cc2ccccc2[cH-]1.CC(C)Cc1cc2ccccc2[cH-]1.CC[SiH]CC.[I-].[I-].[Zr+4]. The molecule has 0 heterocycles. The smallest absolute Gasteiger partial charge is 1.00 e. The molecule has 0 aromatic heterocycles. The summed E-state index contributed by atoms with van der Waals surface area (Å²) < 4.78 is 0. The summed E-state index contributed by atoms with van der Waals surface area (Å²) in [5.41, 5.74) is 2.94. The van der Waals surface area contributed by atoms with E-state index in [1.807, 2.05) is 0 Å². The van der Waals surface area contributed by atoms with Gasteiger partial charge in [0.1, 0.15) is 0 Å². The van der Waals surface area contributed by atoms with Gasteiger partial charge in [0.15, 0.2) is 0 Å². The Balaban J connectivity index is 0. The molecule has 4 rings (SSSR count). The maximum atomic E-state index is 2.30. The minimum Gasteiger partial charge on any atom is -1.00 e. The van der Waals surface area contributed by atoms with Crippen LogP contribution in [0.4, 0.5) is 0 Å². The molecule has 183 valence electrons. The average Bonchev–Trinajstić information content (AvgIpc) is 3.31. The molecule has 0 amide bonds. The summed E-state index contributed by atoms with van der Waals surface area (Å²) in [4.78, 5) is 0. The summed E-state index contributed by atoms with van der Waals surface area (Å²) in [7, 11) is 0.815. The molecular formula is C30H41I2SiZr. The summed E-state index contributed by atoms with van der Waals surface area (Å²) in [5.74, 6) is 1.49. The quantitative estimate of drug-likeness (QED) is 0.161. The second kappa shape index (κ2) is 20.3. The first-order valence-electron chi connectivity index (χ1n) is 12.0. The molecule has 0 aliphatic rings. The zero-order chi connectivity index (χ0) is 22.6. The number of rotatable bonds is 6. The second-order valence-corrected chi connectivity index (χ2v) is 11.5. The normalized spacial score (nSPS) is 9.88. The van der Waals surface area contributed by atoms with Crippen LogP contribution in [-0.4, -0.2) is 9.52 Å². The summed E-state index contributed by atoms with van der Waals surface area (Å²) in [6, 6.07) is 29.2. The molecule has 0 saturated heterocycles. The van der Waals surface area contributed by atoms with Crippen molar-refractivity contribution in [1.82, 2.24) is 0 Å². The molecule has 1 radical (unpaired) electrons. The second-order valence-electron chi connectivity index (χ2n) is 9.29. The van der Waals surface area contributed by atoms with Crippen molar-refractivity contribution < 1.29 is 74.2 Å². The fourth-order valence-corrected chi connectivity index (χ4v) is 4.47. The molecule has 0 spiro atoms. The monoisotopic (exact) mass is 773 g/mol. The van der Waals surface area contributed by atoms with Gasteiger partial charge in [0, 0.05) is 9.52 Å². The van der Waals surface area contributed by atoms with Gasteiger partial charge < -0.3 is 48.0 Å². The number of hydrogen-bond donors (Lipinski definition) is 0. The van der Waals surface area contributed by atoms with Gasteiger partial charge in [-0.15, -0.1) is 81.2 Å². The Morgan fingerprint density at radius 2 is 1.00 bits per heavy atom. The Morgan fingerprint density at radius 1 is 0.647 bits per heavy atom. The van der Waals surface area contributed by atoms with Gasteiger partial charge in [-0.25, -0.2) is 0 Å². The number of hydrogen-bond acceptors (Lipinski definition) is 0. The summed E-state index contributed by atoms with van der Waals surface area (Å²) in [5, 5.41) is 5.49. The fraction of sp³-hybridized carbons (Fsp3) is 0.400. The summed E-state index contributed by atoms with van der Waals surface area (Å²) in [6.07, 6.45) is 2.38. The van der Waals surface area contributed by atoms with E-state index >= 15 is 0 Å². The summed E-state index contributed by atoms with van der Waals surface area (Å²) in [6.45, 7) is 13.5. The van der Waals surface area contributed by atoms with Crippen LogP contribution >= 0.6 is 0 Å². The van der Waals surface area contributed by atoms with Crippen LogP contribution in [0.1, 0.15) is 52.7 Å². The molecule has 34 heavy (non-hydrogen) atoms. The van der Waals surface area contributed by atoms with Crippen molar-refractivity contribution in [1.29, 1.82) is 0 Å². The van der Waals surface area contributed by atoms with Crippen LogP contribution < -0.4 is 48.0 Å². The Bertz CT molecular complexity index is 869. The molecule has 0 saturated carbocycles. The Labute approximate surface area is 264 Å². The zero-order valence-electron chi connectivity index (χ0n) is 21.7. The van der Waals surface area contributed by atoms with Crippen molar-refractivity contribution in [3.8, 4) is 0 Å². The van der Waals surface area contributed by atoms with Crippen LogP contribution in [0.2, 0.25) is 12.1 Å². The molecule has 0 nitrogen and oxygen atoms in total. The molecule has 4 heteroatoms. The fourth-order valence-electron chi connectivity index (χ4n) is 3.90. The first-order valence-corrected chi connectivity index (χ1v) is 13.7. The van der Waals surface area contributed by atoms with Crippen LogP contribution in [0.5, 0.6) is 0 Å². The van der Waals surface area contributed by atoms with Gasteiger partial charge >= 0.3 is 26.2 Å². The van der Waals surface area contributed by atoms with Gasteiger partial charge in [-0.2, -0.15) is 12.1 Å². The Morgan fingerprint density at radius 3 is 1.26 bits per heavy atom. The van der Waals surface area contributed by atoms with Crippen molar-refractivity contribution in [3.05, 3.63) is 83.9 Å². The zero-order valence-corrected chi connectivity index (χ0v) is 29.7. The van der Waals surface area contributed by atoms with E-state index < -0.39 is 0 Å². The van der Waals surface area contributed by atoms with E-state index in [1.165, 1.54) is 57.6 Å². The molecule has 0 atom stereocenters. The van der Waals surface area contributed by atoms with Crippen molar-refractivity contribution >= 4 is 31.1 Å². The van der Waals surface area contributed by atoms with Gasteiger partial charge in [-0.3, -0.25) is 0 Å². The molecule has 4 aromatic rings. The van der Waals surface area contributed by atoms with E-state index in [4.69, 9.17) is 0 Å². The molecule has 0 aliphatic heterocycles. The molecule has 0 fully saturated rings. The van der Waals surface area contributed by atoms with E-state index in [2.05, 4.69) is 114 Å². The third kappa shape index (κ3) is 13.5. The Hall–Kier alpha value is 0.220. The number of halogens is 2. The van der Waals surface area contributed by atoms with E-state index in [-0.39, 0.29) is 74.2 Å². The first-order chi connectivity index (χ1) is 14.9.